The summed E-state index contributed by atoms with van der Waals surface area (Å²) < 4.78 is 0.933. The van der Waals surface area contributed by atoms with Crippen LogP contribution in [0, 0.1) is 3.57 Å². The predicted molar refractivity (Wildman–Crippen MR) is 58.6 cm³/mol. The number of halogens is 3. The van der Waals surface area contributed by atoms with E-state index in [0.29, 0.717) is 0 Å². The van der Waals surface area contributed by atoms with Crippen molar-refractivity contribution in [3.63, 3.8) is 0 Å². The maximum atomic E-state index is 5.91. The van der Waals surface area contributed by atoms with E-state index in [4.69, 9.17) is 23.2 Å². The van der Waals surface area contributed by atoms with Crippen molar-refractivity contribution in [2.45, 2.75) is 13.3 Å². The van der Waals surface area contributed by atoms with Crippen molar-refractivity contribution >= 4 is 45.8 Å². The highest BCUT2D eigenvalue weighted by Gasteiger charge is 2.03. The molecule has 0 unspecified atom stereocenters. The summed E-state index contributed by atoms with van der Waals surface area (Å²) in [7, 11) is 0. The molecule has 0 nitrogen and oxygen atoms in total. The lowest BCUT2D eigenvalue weighted by Crippen LogP contribution is -1.83. The molecule has 0 spiro atoms. The molecule has 0 aromatic heterocycles. The number of benzene rings is 1. The quantitative estimate of drug-likeness (QED) is 0.540. The fourth-order valence-electron chi connectivity index (χ4n) is 0.812. The molecule has 0 bridgehead atoms. The van der Waals surface area contributed by atoms with Gasteiger partial charge in [-0.1, -0.05) is 30.1 Å². The van der Waals surface area contributed by atoms with Crippen LogP contribution in [0.4, 0.5) is 0 Å². The van der Waals surface area contributed by atoms with E-state index < -0.39 is 0 Å². The van der Waals surface area contributed by atoms with Gasteiger partial charge in [-0.05, 0) is 46.7 Å². The van der Waals surface area contributed by atoms with Crippen LogP contribution in [0.25, 0.3) is 0 Å². The molecule has 0 fully saturated rings. The highest BCUT2D eigenvalue weighted by Crippen LogP contribution is 2.27. The van der Waals surface area contributed by atoms with Gasteiger partial charge in [0.25, 0.3) is 0 Å². The smallest absolute Gasteiger partial charge is 0.0557 e. The zero-order valence-electron chi connectivity index (χ0n) is 6.00. The molecule has 0 saturated carbocycles. The van der Waals surface area contributed by atoms with Crippen LogP contribution in [0.1, 0.15) is 12.5 Å². The summed E-state index contributed by atoms with van der Waals surface area (Å²) in [6, 6.07) is 3.91. The normalized spacial score (nSPS) is 10.2. The molecule has 0 aliphatic heterocycles. The molecule has 0 aliphatic carbocycles. The number of hydrogen-bond donors (Lipinski definition) is 0. The van der Waals surface area contributed by atoms with Gasteiger partial charge in [0.15, 0.2) is 0 Å². The first-order valence-corrected chi connectivity index (χ1v) is 5.12. The Balaban J connectivity index is 3.21. The summed E-state index contributed by atoms with van der Waals surface area (Å²) in [4.78, 5) is 0. The molecule has 0 heterocycles. The maximum absolute atomic E-state index is 5.91. The minimum Gasteiger partial charge on any atom is -0.0831 e. The van der Waals surface area contributed by atoms with Gasteiger partial charge in [-0.25, -0.2) is 0 Å². The zero-order valence-corrected chi connectivity index (χ0v) is 9.67. The van der Waals surface area contributed by atoms with Gasteiger partial charge in [0.2, 0.25) is 0 Å². The second-order valence-electron chi connectivity index (χ2n) is 2.23. The minimum atomic E-state index is 0.745. The lowest BCUT2D eigenvalue weighted by atomic mass is 10.2. The number of hydrogen-bond acceptors (Lipinski definition) is 0. The summed E-state index contributed by atoms with van der Waals surface area (Å²) in [6.07, 6.45) is 0.969. The Kier molecular flexibility index (Phi) is 3.47. The molecule has 1 aromatic rings. The van der Waals surface area contributed by atoms with Crippen LogP contribution < -0.4 is 0 Å². The Morgan fingerprint density at radius 1 is 1.27 bits per heavy atom. The molecule has 0 radical (unpaired) electrons. The van der Waals surface area contributed by atoms with Crippen LogP contribution in [0.5, 0.6) is 0 Å². The average Bonchev–Trinajstić information content (AvgIpc) is 1.99. The molecule has 0 atom stereocenters. The number of rotatable bonds is 1. The van der Waals surface area contributed by atoms with E-state index in [2.05, 4.69) is 29.5 Å². The molecule has 0 N–H and O–H groups in total. The SMILES string of the molecule is CCc1cc(Cl)c(I)c(Cl)c1. The van der Waals surface area contributed by atoms with Gasteiger partial charge in [-0.15, -0.1) is 0 Å². The largest absolute Gasteiger partial charge is 0.0831 e. The number of aryl methyl sites for hydroxylation is 1. The molecular formula is C8H7Cl2I. The van der Waals surface area contributed by atoms with Gasteiger partial charge < -0.3 is 0 Å². The maximum Gasteiger partial charge on any atom is 0.0557 e. The molecule has 0 aliphatic rings. The fourth-order valence-corrected chi connectivity index (χ4v) is 1.66. The second-order valence-corrected chi connectivity index (χ2v) is 4.12. The predicted octanol–water partition coefficient (Wildman–Crippen LogP) is 4.16. The van der Waals surface area contributed by atoms with E-state index in [1.165, 1.54) is 5.56 Å². The zero-order chi connectivity index (χ0) is 8.43. The van der Waals surface area contributed by atoms with Gasteiger partial charge >= 0.3 is 0 Å². The Morgan fingerprint density at radius 2 is 1.73 bits per heavy atom. The summed E-state index contributed by atoms with van der Waals surface area (Å²) in [5.74, 6) is 0. The van der Waals surface area contributed by atoms with Crippen LogP contribution in [-0.4, -0.2) is 0 Å². The van der Waals surface area contributed by atoms with Crippen LogP contribution in [-0.2, 0) is 6.42 Å². The Labute approximate surface area is 90.0 Å². The van der Waals surface area contributed by atoms with Gasteiger partial charge in [-0.3, -0.25) is 0 Å². The highest BCUT2D eigenvalue weighted by atomic mass is 127. The summed E-state index contributed by atoms with van der Waals surface area (Å²) in [5.41, 5.74) is 1.18. The van der Waals surface area contributed by atoms with Crippen LogP contribution >= 0.6 is 45.8 Å². The third kappa shape index (κ3) is 2.23. The van der Waals surface area contributed by atoms with Crippen molar-refractivity contribution in [2.24, 2.45) is 0 Å². The first kappa shape index (κ1) is 9.62. The van der Waals surface area contributed by atoms with Crippen molar-refractivity contribution in [3.05, 3.63) is 31.3 Å². The van der Waals surface area contributed by atoms with Crippen molar-refractivity contribution in [3.8, 4) is 0 Å². The Hall–Kier alpha value is 0.530. The third-order valence-electron chi connectivity index (χ3n) is 1.45. The molecule has 1 rings (SSSR count). The lowest BCUT2D eigenvalue weighted by molar-refractivity contribution is 1.14. The molecule has 0 saturated heterocycles. The fraction of sp³-hybridized carbons (Fsp3) is 0.250. The van der Waals surface area contributed by atoms with Crippen molar-refractivity contribution in [1.29, 1.82) is 0 Å². The first-order chi connectivity index (χ1) is 5.15. The topological polar surface area (TPSA) is 0 Å². The average molecular weight is 301 g/mol. The third-order valence-corrected chi connectivity index (χ3v) is 3.85. The van der Waals surface area contributed by atoms with Crippen molar-refractivity contribution < 1.29 is 0 Å². The standard InChI is InChI=1S/C8H7Cl2I/c1-2-5-3-6(9)8(11)7(10)4-5/h3-4H,2H2,1H3. The van der Waals surface area contributed by atoms with Crippen LogP contribution in [0.2, 0.25) is 10.0 Å². The van der Waals surface area contributed by atoms with Gasteiger partial charge in [-0.2, -0.15) is 0 Å². The molecule has 11 heavy (non-hydrogen) atoms. The monoisotopic (exact) mass is 300 g/mol. The van der Waals surface area contributed by atoms with E-state index in [9.17, 15) is 0 Å². The van der Waals surface area contributed by atoms with Gasteiger partial charge in [0.05, 0.1) is 13.6 Å². The molecule has 3 heteroatoms. The van der Waals surface area contributed by atoms with E-state index >= 15 is 0 Å². The van der Waals surface area contributed by atoms with Gasteiger partial charge in [0, 0.05) is 0 Å². The molecule has 60 valence electrons. The first-order valence-electron chi connectivity index (χ1n) is 3.28. The summed E-state index contributed by atoms with van der Waals surface area (Å²) in [6.45, 7) is 2.08. The van der Waals surface area contributed by atoms with E-state index in [0.717, 1.165) is 20.0 Å². The van der Waals surface area contributed by atoms with Crippen LogP contribution in [0.3, 0.4) is 0 Å². The summed E-state index contributed by atoms with van der Waals surface area (Å²) in [5, 5.41) is 1.49. The summed E-state index contributed by atoms with van der Waals surface area (Å²) >= 11 is 13.9. The second kappa shape index (κ2) is 3.97. The molecule has 0 amide bonds. The Bertz CT molecular complexity index is 248. The van der Waals surface area contributed by atoms with Gasteiger partial charge in [0.1, 0.15) is 0 Å². The lowest BCUT2D eigenvalue weighted by Gasteiger charge is -2.02. The van der Waals surface area contributed by atoms with Crippen molar-refractivity contribution in [2.75, 3.05) is 0 Å². The van der Waals surface area contributed by atoms with E-state index in [1.807, 2.05) is 12.1 Å². The van der Waals surface area contributed by atoms with Crippen LogP contribution in [0.15, 0.2) is 12.1 Å². The van der Waals surface area contributed by atoms with E-state index in [1.54, 1.807) is 0 Å². The molecule has 1 aromatic carbocycles. The highest BCUT2D eigenvalue weighted by molar-refractivity contribution is 14.1. The minimum absolute atomic E-state index is 0.745. The van der Waals surface area contributed by atoms with E-state index in [-0.39, 0.29) is 0 Å². The van der Waals surface area contributed by atoms with Crippen molar-refractivity contribution in [1.82, 2.24) is 0 Å². The molecular weight excluding hydrogens is 294 g/mol. The Morgan fingerprint density at radius 3 is 2.09 bits per heavy atom.